The highest BCUT2D eigenvalue weighted by atomic mass is 31.2. The summed E-state index contributed by atoms with van der Waals surface area (Å²) in [5, 5.41) is 0. The Morgan fingerprint density at radius 1 is 1.33 bits per heavy atom. The minimum absolute atomic E-state index is 0.450. The van der Waals surface area contributed by atoms with Crippen LogP contribution >= 0.6 is 7.60 Å². The topological polar surface area (TPSA) is 35.5 Å². The maximum atomic E-state index is 11.5. The van der Waals surface area contributed by atoms with Crippen molar-refractivity contribution >= 4 is 7.60 Å². The minimum atomic E-state index is -2.78. The lowest BCUT2D eigenvalue weighted by Gasteiger charge is -2.11. The predicted molar refractivity (Wildman–Crippen MR) is 50.5 cm³/mol. The summed E-state index contributed by atoms with van der Waals surface area (Å²) in [7, 11) is 0.0371. The van der Waals surface area contributed by atoms with Crippen LogP contribution in [0.1, 0.15) is 20.3 Å². The molecule has 0 spiro atoms. The van der Waals surface area contributed by atoms with E-state index in [0.717, 1.165) is 6.42 Å². The van der Waals surface area contributed by atoms with E-state index < -0.39 is 7.60 Å². The van der Waals surface area contributed by atoms with E-state index in [2.05, 4.69) is 0 Å². The smallest absolute Gasteiger partial charge is 0.312 e. The minimum Gasteiger partial charge on any atom is -0.312 e. The molecule has 0 aliphatic heterocycles. The lowest BCUT2D eigenvalue weighted by Crippen LogP contribution is -1.93. The first kappa shape index (κ1) is 11.9. The molecule has 12 heavy (non-hydrogen) atoms. The fraction of sp³-hybridized carbons (Fsp3) is 0.750. The molecule has 0 aromatic rings. The van der Waals surface area contributed by atoms with Crippen LogP contribution in [0.2, 0.25) is 0 Å². The molecule has 0 aliphatic rings. The largest absolute Gasteiger partial charge is 0.330 e. The van der Waals surface area contributed by atoms with Gasteiger partial charge in [0.2, 0.25) is 0 Å². The second-order valence-electron chi connectivity index (χ2n) is 2.77. The molecule has 0 heterocycles. The van der Waals surface area contributed by atoms with Crippen LogP contribution in [0, 0.1) is 0 Å². The summed E-state index contributed by atoms with van der Waals surface area (Å²) >= 11 is 0. The summed E-state index contributed by atoms with van der Waals surface area (Å²) in [4.78, 5) is 0. The van der Waals surface area contributed by atoms with Gasteiger partial charge in [-0.15, -0.1) is 0 Å². The second kappa shape index (κ2) is 5.52. The van der Waals surface area contributed by atoms with Gasteiger partial charge in [-0.2, -0.15) is 0 Å². The average molecular weight is 192 g/mol. The average Bonchev–Trinajstić information content (AvgIpc) is 2.03. The zero-order valence-corrected chi connectivity index (χ0v) is 9.06. The molecule has 0 unspecified atom stereocenters. The van der Waals surface area contributed by atoms with Crippen LogP contribution < -0.4 is 0 Å². The highest BCUT2D eigenvalue weighted by Crippen LogP contribution is 2.46. The molecule has 0 atom stereocenters. The lowest BCUT2D eigenvalue weighted by molar-refractivity contribution is 0.276. The third-order valence-corrected chi connectivity index (χ3v) is 3.43. The summed E-state index contributed by atoms with van der Waals surface area (Å²) in [6.45, 7) is 4.01. The zero-order valence-electron chi connectivity index (χ0n) is 8.16. The molecule has 0 rings (SSSR count). The van der Waals surface area contributed by atoms with Crippen molar-refractivity contribution in [2.45, 2.75) is 20.3 Å². The maximum Gasteiger partial charge on any atom is 0.330 e. The predicted octanol–water partition coefficient (Wildman–Crippen LogP) is 2.83. The molecule has 0 aromatic heterocycles. The molecule has 4 heteroatoms. The van der Waals surface area contributed by atoms with Crippen LogP contribution in [0.5, 0.6) is 0 Å². The first-order valence-corrected chi connectivity index (χ1v) is 5.61. The summed E-state index contributed by atoms with van der Waals surface area (Å²) in [5.41, 5.74) is 1.22. The van der Waals surface area contributed by atoms with E-state index in [1.54, 1.807) is 0 Å². The zero-order chi connectivity index (χ0) is 9.61. The second-order valence-corrected chi connectivity index (χ2v) is 5.17. The van der Waals surface area contributed by atoms with Gasteiger partial charge in [0.05, 0.1) is 6.16 Å². The molecule has 0 N–H and O–H groups in total. The van der Waals surface area contributed by atoms with Gasteiger partial charge in [-0.05, 0) is 20.3 Å². The number of hydrogen-bond donors (Lipinski definition) is 0. The number of rotatable bonds is 5. The third kappa shape index (κ3) is 4.70. The van der Waals surface area contributed by atoms with Crippen molar-refractivity contribution in [1.82, 2.24) is 0 Å². The van der Waals surface area contributed by atoms with Crippen LogP contribution in [0.4, 0.5) is 0 Å². The molecule has 0 bridgehead atoms. The molecular formula is C8H17O3P. The van der Waals surface area contributed by atoms with E-state index >= 15 is 0 Å². The summed E-state index contributed by atoms with van der Waals surface area (Å²) in [5.74, 6) is 0. The van der Waals surface area contributed by atoms with E-state index in [9.17, 15) is 4.57 Å². The van der Waals surface area contributed by atoms with E-state index in [0.29, 0.717) is 6.16 Å². The van der Waals surface area contributed by atoms with Crippen LogP contribution in [-0.4, -0.2) is 20.4 Å². The molecule has 0 aliphatic carbocycles. The Balaban J connectivity index is 3.90. The normalized spacial score (nSPS) is 11.3. The van der Waals surface area contributed by atoms with Crippen LogP contribution in [0.25, 0.3) is 0 Å². The van der Waals surface area contributed by atoms with Crippen molar-refractivity contribution in [3.05, 3.63) is 11.6 Å². The van der Waals surface area contributed by atoms with Gasteiger partial charge in [0.25, 0.3) is 0 Å². The summed E-state index contributed by atoms with van der Waals surface area (Å²) in [6, 6.07) is 0. The van der Waals surface area contributed by atoms with Crippen molar-refractivity contribution in [1.29, 1.82) is 0 Å². The van der Waals surface area contributed by atoms with Crippen molar-refractivity contribution in [3.63, 3.8) is 0 Å². The molecule has 0 amide bonds. The Morgan fingerprint density at radius 3 is 2.17 bits per heavy atom. The standard InChI is InChI=1S/C8H17O3P/c1-8(2)6-5-7-12(9,10-3)11-4/h6H,5,7H2,1-4H3. The van der Waals surface area contributed by atoms with Gasteiger partial charge in [0, 0.05) is 14.2 Å². The van der Waals surface area contributed by atoms with Crippen molar-refractivity contribution < 1.29 is 13.6 Å². The Bertz CT molecular complexity index is 186. The molecule has 0 aromatic carbocycles. The maximum absolute atomic E-state index is 11.5. The summed E-state index contributed by atoms with van der Waals surface area (Å²) in [6.07, 6.45) is 3.21. The Labute approximate surface area is 74.3 Å². The molecule has 0 saturated carbocycles. The molecule has 0 radical (unpaired) electrons. The van der Waals surface area contributed by atoms with Crippen molar-refractivity contribution in [2.75, 3.05) is 20.4 Å². The highest BCUT2D eigenvalue weighted by Gasteiger charge is 2.18. The van der Waals surface area contributed by atoms with Gasteiger partial charge in [-0.1, -0.05) is 11.6 Å². The van der Waals surface area contributed by atoms with Gasteiger partial charge >= 0.3 is 7.60 Å². The van der Waals surface area contributed by atoms with Crippen molar-refractivity contribution in [3.8, 4) is 0 Å². The van der Waals surface area contributed by atoms with Crippen molar-refractivity contribution in [2.24, 2.45) is 0 Å². The quantitative estimate of drug-likeness (QED) is 0.496. The van der Waals surface area contributed by atoms with Gasteiger partial charge in [-0.3, -0.25) is 4.57 Å². The van der Waals surface area contributed by atoms with E-state index in [1.165, 1.54) is 19.8 Å². The molecular weight excluding hydrogens is 175 g/mol. The van der Waals surface area contributed by atoms with E-state index in [-0.39, 0.29) is 0 Å². The molecule has 0 fully saturated rings. The first-order chi connectivity index (χ1) is 5.54. The van der Waals surface area contributed by atoms with Crippen LogP contribution in [-0.2, 0) is 13.6 Å². The van der Waals surface area contributed by atoms with Gasteiger partial charge in [0.15, 0.2) is 0 Å². The van der Waals surface area contributed by atoms with Crippen LogP contribution in [0.15, 0.2) is 11.6 Å². The monoisotopic (exact) mass is 192 g/mol. The van der Waals surface area contributed by atoms with Gasteiger partial charge < -0.3 is 9.05 Å². The number of hydrogen-bond acceptors (Lipinski definition) is 3. The highest BCUT2D eigenvalue weighted by molar-refractivity contribution is 7.53. The number of allylic oxidation sites excluding steroid dienone is 2. The Hall–Kier alpha value is -0.110. The Kier molecular flexibility index (Phi) is 5.47. The lowest BCUT2D eigenvalue weighted by atomic mass is 10.3. The fourth-order valence-electron chi connectivity index (χ4n) is 0.768. The van der Waals surface area contributed by atoms with E-state index in [1.807, 2.05) is 19.9 Å². The molecule has 3 nitrogen and oxygen atoms in total. The van der Waals surface area contributed by atoms with Crippen LogP contribution in [0.3, 0.4) is 0 Å². The summed E-state index contributed by atoms with van der Waals surface area (Å²) < 4.78 is 21.0. The molecule has 0 saturated heterocycles. The van der Waals surface area contributed by atoms with Gasteiger partial charge in [-0.25, -0.2) is 0 Å². The fourth-order valence-corrected chi connectivity index (χ4v) is 1.73. The first-order valence-electron chi connectivity index (χ1n) is 3.88. The van der Waals surface area contributed by atoms with Gasteiger partial charge in [0.1, 0.15) is 0 Å². The molecule has 72 valence electrons. The Morgan fingerprint density at radius 2 is 1.83 bits per heavy atom. The third-order valence-electron chi connectivity index (χ3n) is 1.51. The SMILES string of the molecule is COP(=O)(CCC=C(C)C)OC. The van der Waals surface area contributed by atoms with E-state index in [4.69, 9.17) is 9.05 Å².